The Kier molecular flexibility index (Phi) is 39.3. The molecule has 50 heavy (non-hydrogen) atoms. The summed E-state index contributed by atoms with van der Waals surface area (Å²) in [5.74, 6) is -0.378. The fraction of sp³-hybridized carbons (Fsp3) is 0.976. The molecule has 0 spiro atoms. The number of carbonyl (C=O) groups is 1. The molecule has 2 unspecified atom stereocenters. The smallest absolute Gasteiger partial charge is 0.463 e. The summed E-state index contributed by atoms with van der Waals surface area (Å²) in [5.41, 5.74) is 5.20. The summed E-state index contributed by atoms with van der Waals surface area (Å²) in [6, 6.07) is 0. The van der Waals surface area contributed by atoms with Crippen molar-refractivity contribution in [3.05, 3.63) is 0 Å². The molecule has 0 aromatic heterocycles. The van der Waals surface area contributed by atoms with Crippen LogP contribution in [-0.4, -0.2) is 48.4 Å². The van der Waals surface area contributed by atoms with E-state index in [1.165, 1.54) is 193 Å². The molecule has 300 valence electrons. The maximum Gasteiger partial charge on any atom is 0.472 e. The van der Waals surface area contributed by atoms with E-state index in [2.05, 4.69) is 16.0 Å². The highest BCUT2D eigenvalue weighted by Crippen LogP contribution is 2.42. The van der Waals surface area contributed by atoms with Gasteiger partial charge in [0.25, 0.3) is 0 Å². The topological polar surface area (TPSA) is 128 Å². The molecule has 0 aliphatic carbocycles. The zero-order valence-electron chi connectivity index (χ0n) is 32.9. The number of ether oxygens (including phenoxy) is 1. The number of phosphoric acid groups is 1. The first kappa shape index (κ1) is 49.5. The Morgan fingerprint density at radius 1 is 0.520 bits per heavy atom. The standard InChI is InChI=1S/C41H84NO7P/c1-2-3-4-5-6-7-8-9-10-11-12-13-14-15-16-17-18-19-20-21-22-23-24-25-26-27-28-29-30-31-32-33-34-35-41(44)47-38-40(43)39-49-50(45,46)48-37-36-42/h40,43H,2-39,42H2,1H3,(H,45,46). The van der Waals surface area contributed by atoms with Gasteiger partial charge in [0.2, 0.25) is 0 Å². The van der Waals surface area contributed by atoms with Crippen LogP contribution in [-0.2, 0) is 23.1 Å². The largest absolute Gasteiger partial charge is 0.472 e. The number of phosphoric ester groups is 1. The summed E-state index contributed by atoms with van der Waals surface area (Å²) in [5, 5.41) is 9.77. The van der Waals surface area contributed by atoms with Crippen LogP contribution in [0.2, 0.25) is 0 Å². The fourth-order valence-corrected chi connectivity index (χ4v) is 7.29. The number of rotatable bonds is 42. The molecule has 2 atom stereocenters. The van der Waals surface area contributed by atoms with E-state index in [1.54, 1.807) is 0 Å². The fourth-order valence-electron chi connectivity index (χ4n) is 6.52. The van der Waals surface area contributed by atoms with Crippen molar-refractivity contribution in [3.63, 3.8) is 0 Å². The van der Waals surface area contributed by atoms with Crippen molar-refractivity contribution in [2.75, 3.05) is 26.4 Å². The van der Waals surface area contributed by atoms with Gasteiger partial charge in [-0.25, -0.2) is 4.57 Å². The number of aliphatic hydroxyl groups is 1. The molecule has 0 aliphatic rings. The molecule has 0 saturated heterocycles. The predicted molar refractivity (Wildman–Crippen MR) is 210 cm³/mol. The van der Waals surface area contributed by atoms with Gasteiger partial charge in [0.1, 0.15) is 12.7 Å². The number of unbranched alkanes of at least 4 members (excludes halogenated alkanes) is 32. The molecule has 8 nitrogen and oxygen atoms in total. The molecule has 0 rings (SSSR count). The molecule has 0 heterocycles. The Morgan fingerprint density at radius 2 is 0.820 bits per heavy atom. The Labute approximate surface area is 309 Å². The van der Waals surface area contributed by atoms with Gasteiger partial charge in [0, 0.05) is 13.0 Å². The number of aliphatic hydroxyl groups excluding tert-OH is 1. The van der Waals surface area contributed by atoms with Crippen LogP contribution in [0.5, 0.6) is 0 Å². The van der Waals surface area contributed by atoms with Crippen LogP contribution >= 0.6 is 7.82 Å². The van der Waals surface area contributed by atoms with Crippen LogP contribution in [0.1, 0.15) is 225 Å². The lowest BCUT2D eigenvalue weighted by Gasteiger charge is -2.15. The third-order valence-electron chi connectivity index (χ3n) is 9.72. The van der Waals surface area contributed by atoms with Crippen molar-refractivity contribution in [3.8, 4) is 0 Å². The molecule has 0 saturated carbocycles. The number of nitrogens with two attached hydrogens (primary N) is 1. The minimum atomic E-state index is -4.25. The van der Waals surface area contributed by atoms with Crippen LogP contribution in [0.15, 0.2) is 0 Å². The SMILES string of the molecule is CCCCCCCCCCCCCCCCCCCCCCCCCCCCCCCCCCCC(=O)OCC(O)COP(=O)(O)OCCN. The van der Waals surface area contributed by atoms with Gasteiger partial charge in [-0.05, 0) is 6.42 Å². The highest BCUT2D eigenvalue weighted by Gasteiger charge is 2.22. The maximum atomic E-state index is 11.8. The highest BCUT2D eigenvalue weighted by molar-refractivity contribution is 7.47. The summed E-state index contributed by atoms with van der Waals surface area (Å²) in [7, 11) is -4.25. The van der Waals surface area contributed by atoms with Crippen LogP contribution in [0.4, 0.5) is 0 Å². The van der Waals surface area contributed by atoms with E-state index in [0.717, 1.165) is 19.3 Å². The van der Waals surface area contributed by atoms with E-state index in [-0.39, 0.29) is 25.7 Å². The van der Waals surface area contributed by atoms with Crippen molar-refractivity contribution in [1.82, 2.24) is 0 Å². The summed E-state index contributed by atoms with van der Waals surface area (Å²) in [6.45, 7) is 1.50. The van der Waals surface area contributed by atoms with Crippen LogP contribution in [0.3, 0.4) is 0 Å². The molecular formula is C41H84NO7P. The lowest BCUT2D eigenvalue weighted by Crippen LogP contribution is -2.23. The Balaban J connectivity index is 3.22. The lowest BCUT2D eigenvalue weighted by molar-refractivity contribution is -0.147. The number of hydrogen-bond donors (Lipinski definition) is 3. The van der Waals surface area contributed by atoms with E-state index in [0.29, 0.717) is 6.42 Å². The van der Waals surface area contributed by atoms with E-state index in [4.69, 9.17) is 10.5 Å². The zero-order chi connectivity index (χ0) is 36.6. The Bertz CT molecular complexity index is 742. The van der Waals surface area contributed by atoms with Gasteiger partial charge >= 0.3 is 13.8 Å². The molecule has 0 amide bonds. The first-order chi connectivity index (χ1) is 24.4. The van der Waals surface area contributed by atoms with Crippen LogP contribution in [0, 0.1) is 0 Å². The lowest BCUT2D eigenvalue weighted by atomic mass is 10.0. The Hall–Kier alpha value is -0.500. The summed E-state index contributed by atoms with van der Waals surface area (Å²) in [6.07, 6.45) is 44.5. The third-order valence-corrected chi connectivity index (χ3v) is 10.7. The molecule has 9 heteroatoms. The Morgan fingerprint density at radius 3 is 1.12 bits per heavy atom. The zero-order valence-corrected chi connectivity index (χ0v) is 33.8. The van der Waals surface area contributed by atoms with Crippen molar-refractivity contribution < 1.29 is 33.1 Å². The average Bonchev–Trinajstić information content (AvgIpc) is 3.11. The monoisotopic (exact) mass is 734 g/mol. The molecule has 0 bridgehead atoms. The van der Waals surface area contributed by atoms with E-state index >= 15 is 0 Å². The number of esters is 1. The van der Waals surface area contributed by atoms with E-state index < -0.39 is 20.5 Å². The first-order valence-corrected chi connectivity index (χ1v) is 23.1. The van der Waals surface area contributed by atoms with Crippen molar-refractivity contribution in [2.45, 2.75) is 231 Å². The van der Waals surface area contributed by atoms with E-state index in [1.807, 2.05) is 0 Å². The summed E-state index contributed by atoms with van der Waals surface area (Å²) in [4.78, 5) is 21.2. The quantitative estimate of drug-likeness (QED) is 0.0321. The second-order valence-corrected chi connectivity index (χ2v) is 16.2. The van der Waals surface area contributed by atoms with E-state index in [9.17, 15) is 19.4 Å². The number of carbonyl (C=O) groups excluding carboxylic acids is 1. The van der Waals surface area contributed by atoms with Crippen molar-refractivity contribution in [2.24, 2.45) is 5.73 Å². The summed E-state index contributed by atoms with van der Waals surface area (Å²) < 4.78 is 25.7. The van der Waals surface area contributed by atoms with Gasteiger partial charge in [-0.3, -0.25) is 13.8 Å². The van der Waals surface area contributed by atoms with Gasteiger partial charge in [0.15, 0.2) is 0 Å². The van der Waals surface area contributed by atoms with Crippen molar-refractivity contribution >= 4 is 13.8 Å². The normalized spacial score (nSPS) is 13.4. The first-order valence-electron chi connectivity index (χ1n) is 21.6. The van der Waals surface area contributed by atoms with Gasteiger partial charge in [-0.1, -0.05) is 212 Å². The molecule has 0 radical (unpaired) electrons. The minimum absolute atomic E-state index is 0.0772. The van der Waals surface area contributed by atoms with Crippen LogP contribution in [0.25, 0.3) is 0 Å². The molecule has 4 N–H and O–H groups in total. The van der Waals surface area contributed by atoms with Gasteiger partial charge < -0.3 is 20.5 Å². The molecular weight excluding hydrogens is 649 g/mol. The van der Waals surface area contributed by atoms with Gasteiger partial charge in [0.05, 0.1) is 13.2 Å². The molecule has 0 aliphatic heterocycles. The predicted octanol–water partition coefficient (Wildman–Crippen LogP) is 12.3. The third kappa shape index (κ3) is 40.3. The summed E-state index contributed by atoms with van der Waals surface area (Å²) >= 11 is 0. The van der Waals surface area contributed by atoms with Gasteiger partial charge in [-0.2, -0.15) is 0 Å². The minimum Gasteiger partial charge on any atom is -0.463 e. The molecule has 0 fully saturated rings. The molecule has 0 aromatic carbocycles. The van der Waals surface area contributed by atoms with Gasteiger partial charge in [-0.15, -0.1) is 0 Å². The second-order valence-electron chi connectivity index (χ2n) is 14.8. The highest BCUT2D eigenvalue weighted by atomic mass is 31.2. The maximum absolute atomic E-state index is 11.8. The van der Waals surface area contributed by atoms with Crippen molar-refractivity contribution in [1.29, 1.82) is 0 Å². The molecule has 0 aromatic rings. The second kappa shape index (κ2) is 39.7. The van der Waals surface area contributed by atoms with Crippen LogP contribution < -0.4 is 5.73 Å². The average molecular weight is 734 g/mol. The number of hydrogen-bond acceptors (Lipinski definition) is 7.